The number of likely N-dealkylation sites (tertiary alicyclic amines) is 1. The van der Waals surface area contributed by atoms with Gasteiger partial charge in [-0.25, -0.2) is 15.8 Å². The van der Waals surface area contributed by atoms with E-state index in [0.29, 0.717) is 24.5 Å². The predicted octanol–water partition coefficient (Wildman–Crippen LogP) is 2.46. The first-order valence-corrected chi connectivity index (χ1v) is 12.6. The summed E-state index contributed by atoms with van der Waals surface area (Å²) in [4.78, 5) is 35.4. The zero-order valence-corrected chi connectivity index (χ0v) is 21.4. The molecular formula is C28H30N8O2. The van der Waals surface area contributed by atoms with Crippen LogP contribution >= 0.6 is 0 Å². The maximum atomic E-state index is 12.9. The third kappa shape index (κ3) is 4.96. The summed E-state index contributed by atoms with van der Waals surface area (Å²) in [6.07, 6.45) is 7.76. The van der Waals surface area contributed by atoms with Gasteiger partial charge in [-0.1, -0.05) is 31.4 Å². The van der Waals surface area contributed by atoms with Crippen LogP contribution in [0.2, 0.25) is 0 Å². The molecule has 1 atom stereocenters. The molecule has 10 heteroatoms. The van der Waals surface area contributed by atoms with Crippen molar-refractivity contribution in [2.45, 2.75) is 39.2 Å². The Bertz CT molecular complexity index is 1400. The Kier molecular flexibility index (Phi) is 7.11. The van der Waals surface area contributed by atoms with Gasteiger partial charge in [0.15, 0.2) is 0 Å². The number of fused-ring (bicyclic) bond motifs is 1. The van der Waals surface area contributed by atoms with Gasteiger partial charge in [0.25, 0.3) is 11.8 Å². The van der Waals surface area contributed by atoms with Crippen LogP contribution in [0.1, 0.15) is 48.2 Å². The molecule has 3 aliphatic heterocycles. The van der Waals surface area contributed by atoms with Crippen LogP contribution < -0.4 is 16.6 Å². The molecule has 0 saturated carbocycles. The van der Waals surface area contributed by atoms with E-state index in [1.165, 1.54) is 5.01 Å². The summed E-state index contributed by atoms with van der Waals surface area (Å²) in [5, 5.41) is 6.38. The van der Waals surface area contributed by atoms with Gasteiger partial charge in [-0.3, -0.25) is 25.0 Å². The number of carbonyl (C=O) groups is 2. The third-order valence-electron chi connectivity index (χ3n) is 6.71. The molecule has 2 aromatic rings. The van der Waals surface area contributed by atoms with Gasteiger partial charge >= 0.3 is 0 Å². The van der Waals surface area contributed by atoms with Gasteiger partial charge in [-0.05, 0) is 55.5 Å². The van der Waals surface area contributed by atoms with E-state index in [0.717, 1.165) is 47.5 Å². The van der Waals surface area contributed by atoms with E-state index in [1.807, 2.05) is 29.3 Å². The van der Waals surface area contributed by atoms with Gasteiger partial charge < -0.3 is 10.2 Å². The van der Waals surface area contributed by atoms with Crippen molar-refractivity contribution in [1.29, 1.82) is 0 Å². The first-order valence-electron chi connectivity index (χ1n) is 12.6. The number of carbonyl (C=O) groups excluding carboxylic acids is 2. The Morgan fingerprint density at radius 2 is 2.05 bits per heavy atom. The van der Waals surface area contributed by atoms with Crippen molar-refractivity contribution in [3.63, 3.8) is 0 Å². The number of nitrogens with two attached hydrogens (primary N) is 1. The van der Waals surface area contributed by atoms with Crippen molar-refractivity contribution < 1.29 is 9.59 Å². The molecule has 0 unspecified atom stereocenters. The van der Waals surface area contributed by atoms with E-state index in [1.54, 1.807) is 42.7 Å². The highest BCUT2D eigenvalue weighted by molar-refractivity contribution is 6.04. The fourth-order valence-corrected chi connectivity index (χ4v) is 4.87. The average Bonchev–Trinajstić information content (AvgIpc) is 3.56. The van der Waals surface area contributed by atoms with Crippen molar-refractivity contribution in [1.82, 2.24) is 25.3 Å². The molecule has 3 aliphatic rings. The van der Waals surface area contributed by atoms with E-state index >= 15 is 0 Å². The molecule has 0 radical (unpaired) electrons. The quantitative estimate of drug-likeness (QED) is 0.403. The number of nitrogens with zero attached hydrogens (tertiary/aromatic N) is 5. The maximum absolute atomic E-state index is 12.9. The lowest BCUT2D eigenvalue weighted by molar-refractivity contribution is -0.124. The number of hydrogen-bond donors (Lipinski definition) is 3. The summed E-state index contributed by atoms with van der Waals surface area (Å²) in [6, 6.07) is 11.2. The lowest BCUT2D eigenvalue weighted by Crippen LogP contribution is -2.43. The van der Waals surface area contributed by atoms with Gasteiger partial charge in [0.1, 0.15) is 23.6 Å². The number of rotatable bonds is 6. The number of benzene rings is 1. The van der Waals surface area contributed by atoms with E-state index in [4.69, 9.17) is 5.84 Å². The first kappa shape index (κ1) is 25.0. The Morgan fingerprint density at radius 1 is 1.24 bits per heavy atom. The average molecular weight is 511 g/mol. The largest absolute Gasteiger partial charge is 0.330 e. The predicted molar refractivity (Wildman–Crippen MR) is 146 cm³/mol. The first-order chi connectivity index (χ1) is 18.5. The Hall–Kier alpha value is -4.62. The number of hydrogen-bond acceptors (Lipinski definition) is 8. The fourth-order valence-electron chi connectivity index (χ4n) is 4.87. The standard InChI is InChI=1S/C28H30N8O2/c1-3-5-19-11-13-31-24(15-19)32-28(38)21-9-7-20(8-10-21)26-27-23(16-30-18-35(27)29)36(33-26)22-12-14-34(17-22)25(37)6-4-2/h7-11,13,15-16,18,22,33H,3,5,12,14,17,29H2,1-2H3,(H,31,32,38)/t22-/m1/s1. The second-order valence-corrected chi connectivity index (χ2v) is 9.29. The van der Waals surface area contributed by atoms with Gasteiger partial charge in [0.2, 0.25) is 0 Å². The summed E-state index contributed by atoms with van der Waals surface area (Å²) in [7, 11) is 0. The van der Waals surface area contributed by atoms with Gasteiger partial charge in [0, 0.05) is 30.4 Å². The molecule has 1 aromatic heterocycles. The molecule has 194 valence electrons. The molecule has 0 aliphatic carbocycles. The molecular weight excluding hydrogens is 480 g/mol. The van der Waals surface area contributed by atoms with Gasteiger partial charge in [-0.15, -0.1) is 0 Å². The van der Waals surface area contributed by atoms with Crippen molar-refractivity contribution in [2.24, 2.45) is 10.8 Å². The molecule has 0 spiro atoms. The van der Waals surface area contributed by atoms with Crippen molar-refractivity contribution in [2.75, 3.05) is 18.4 Å². The molecule has 10 nitrogen and oxygen atoms in total. The minimum atomic E-state index is -0.229. The molecule has 4 N–H and O–H groups in total. The van der Waals surface area contributed by atoms with Crippen LogP contribution in [-0.4, -0.2) is 57.2 Å². The van der Waals surface area contributed by atoms with Crippen molar-refractivity contribution in [3.05, 3.63) is 76.9 Å². The molecule has 5 rings (SSSR count). The van der Waals surface area contributed by atoms with Crippen LogP contribution in [0.3, 0.4) is 0 Å². The van der Waals surface area contributed by atoms with E-state index in [9.17, 15) is 9.59 Å². The molecule has 1 fully saturated rings. The molecule has 1 saturated heterocycles. The van der Waals surface area contributed by atoms with Crippen LogP contribution in [0.5, 0.6) is 0 Å². The van der Waals surface area contributed by atoms with E-state index < -0.39 is 0 Å². The van der Waals surface area contributed by atoms with Crippen molar-refractivity contribution >= 4 is 29.7 Å². The topological polar surface area (TPSA) is 119 Å². The summed E-state index contributed by atoms with van der Waals surface area (Å²) >= 11 is 0. The highest BCUT2D eigenvalue weighted by Crippen LogP contribution is 2.36. The Balaban J connectivity index is 1.33. The van der Waals surface area contributed by atoms with Crippen LogP contribution in [0.15, 0.2) is 65.2 Å². The second kappa shape index (κ2) is 10.8. The number of nitrogens with one attached hydrogen (secondary N) is 2. The summed E-state index contributed by atoms with van der Waals surface area (Å²) < 4.78 is 0. The SMILES string of the molecule is CC#CC(=O)N1CC[C@@H](N2NC(c3ccc(C(=O)Nc4cc(CCC)ccn4)cc3)=C3C2=CN=CN3N)C1. The normalized spacial score (nSPS) is 18.0. The highest BCUT2D eigenvalue weighted by Gasteiger charge is 2.39. The molecule has 2 amide bonds. The number of pyridine rings is 1. The molecule has 1 aromatic carbocycles. The van der Waals surface area contributed by atoms with E-state index in [2.05, 4.69) is 39.5 Å². The number of aryl methyl sites for hydroxylation is 1. The lowest BCUT2D eigenvalue weighted by atomic mass is 10.1. The molecule has 4 heterocycles. The second-order valence-electron chi connectivity index (χ2n) is 9.29. The zero-order valence-electron chi connectivity index (χ0n) is 21.4. The number of anilines is 1. The minimum Gasteiger partial charge on any atom is -0.330 e. The van der Waals surface area contributed by atoms with Crippen molar-refractivity contribution in [3.8, 4) is 11.8 Å². The van der Waals surface area contributed by atoms with E-state index in [-0.39, 0.29) is 17.9 Å². The Morgan fingerprint density at radius 3 is 2.82 bits per heavy atom. The molecule has 38 heavy (non-hydrogen) atoms. The monoisotopic (exact) mass is 510 g/mol. The summed E-state index contributed by atoms with van der Waals surface area (Å²) in [5.41, 5.74) is 8.39. The fraction of sp³-hybridized carbons (Fsp3) is 0.286. The number of amides is 2. The van der Waals surface area contributed by atoms with Gasteiger partial charge in [-0.2, -0.15) is 0 Å². The van der Waals surface area contributed by atoms with Crippen LogP contribution in [-0.2, 0) is 11.2 Å². The van der Waals surface area contributed by atoms with Crippen LogP contribution in [0, 0.1) is 11.8 Å². The third-order valence-corrected chi connectivity index (χ3v) is 6.71. The number of aliphatic imine (C=N–C) groups is 1. The number of hydrazine groups is 2. The van der Waals surface area contributed by atoms with Crippen LogP contribution in [0.25, 0.3) is 5.70 Å². The molecule has 0 bridgehead atoms. The van der Waals surface area contributed by atoms with Gasteiger partial charge in [0.05, 0.1) is 17.9 Å². The number of aromatic nitrogens is 1. The smallest absolute Gasteiger partial charge is 0.298 e. The highest BCUT2D eigenvalue weighted by atomic mass is 16.2. The summed E-state index contributed by atoms with van der Waals surface area (Å²) in [6.45, 7) is 4.94. The minimum absolute atomic E-state index is 0.0269. The van der Waals surface area contributed by atoms with Crippen LogP contribution in [0.4, 0.5) is 5.82 Å². The zero-order chi connectivity index (χ0) is 26.6. The summed E-state index contributed by atoms with van der Waals surface area (Å²) in [5.74, 6) is 11.7. The maximum Gasteiger partial charge on any atom is 0.298 e. The lowest BCUT2D eigenvalue weighted by Gasteiger charge is -2.29. The Labute approximate surface area is 221 Å².